The molecule has 106 valence electrons. The lowest BCUT2D eigenvalue weighted by atomic mass is 10.3. The number of aryl methyl sites for hydroxylation is 1. The first kappa shape index (κ1) is 14.1. The number of aromatic nitrogens is 4. The van der Waals surface area contributed by atoms with Crippen molar-refractivity contribution in [1.29, 1.82) is 0 Å². The van der Waals surface area contributed by atoms with Gasteiger partial charge < -0.3 is 10.1 Å². The Morgan fingerprint density at radius 3 is 2.80 bits per heavy atom. The summed E-state index contributed by atoms with van der Waals surface area (Å²) in [6, 6.07) is 1.61. The predicted octanol–water partition coefficient (Wildman–Crippen LogP) is 2.21. The van der Waals surface area contributed by atoms with Gasteiger partial charge in [0.2, 0.25) is 5.88 Å². The van der Waals surface area contributed by atoms with Crippen molar-refractivity contribution in [3.8, 4) is 17.4 Å². The number of hydrogen-bond donors (Lipinski definition) is 1. The Kier molecular flexibility index (Phi) is 4.39. The third-order valence-corrected chi connectivity index (χ3v) is 2.64. The Balaban J connectivity index is 2.43. The number of nitrogens with one attached hydrogen (secondary N) is 1. The highest BCUT2D eigenvalue weighted by molar-refractivity contribution is 5.54. The molecule has 2 heterocycles. The number of anilines is 1. The Morgan fingerprint density at radius 2 is 2.10 bits per heavy atom. The molecule has 7 heteroatoms. The lowest BCUT2D eigenvalue weighted by Gasteiger charge is -2.09. The van der Waals surface area contributed by atoms with Crippen molar-refractivity contribution in [2.75, 3.05) is 19.0 Å². The second-order valence-electron chi connectivity index (χ2n) is 4.17. The van der Waals surface area contributed by atoms with E-state index >= 15 is 0 Å². The highest BCUT2D eigenvalue weighted by Crippen LogP contribution is 2.21. The van der Waals surface area contributed by atoms with Crippen LogP contribution in [0.25, 0.3) is 11.5 Å². The van der Waals surface area contributed by atoms with Gasteiger partial charge in [0, 0.05) is 12.6 Å². The van der Waals surface area contributed by atoms with E-state index in [-0.39, 0.29) is 11.5 Å². The van der Waals surface area contributed by atoms with Gasteiger partial charge in [-0.15, -0.1) is 0 Å². The maximum Gasteiger partial charge on any atom is 0.216 e. The zero-order valence-corrected chi connectivity index (χ0v) is 11.6. The Bertz CT molecular complexity index is 605. The maximum atomic E-state index is 13.9. The topological polar surface area (TPSA) is 72.8 Å². The fourth-order valence-corrected chi connectivity index (χ4v) is 1.61. The normalized spacial score (nSPS) is 10.4. The molecule has 0 radical (unpaired) electrons. The zero-order valence-electron chi connectivity index (χ0n) is 11.6. The third-order valence-electron chi connectivity index (χ3n) is 2.64. The molecule has 0 aromatic carbocycles. The fourth-order valence-electron chi connectivity index (χ4n) is 1.61. The van der Waals surface area contributed by atoms with Gasteiger partial charge >= 0.3 is 0 Å². The molecule has 0 spiro atoms. The van der Waals surface area contributed by atoms with E-state index in [2.05, 4.69) is 25.3 Å². The van der Waals surface area contributed by atoms with Gasteiger partial charge in [0.25, 0.3) is 0 Å². The average molecular weight is 277 g/mol. The van der Waals surface area contributed by atoms with Crippen molar-refractivity contribution in [3.05, 3.63) is 23.9 Å². The number of rotatable bonds is 5. The van der Waals surface area contributed by atoms with Gasteiger partial charge in [-0.3, -0.25) is 0 Å². The number of methoxy groups -OCH3 is 1. The van der Waals surface area contributed by atoms with E-state index in [9.17, 15) is 4.39 Å². The molecule has 0 aliphatic rings. The first-order chi connectivity index (χ1) is 9.65. The molecule has 0 amide bonds. The van der Waals surface area contributed by atoms with E-state index in [1.807, 2.05) is 6.92 Å². The summed E-state index contributed by atoms with van der Waals surface area (Å²) in [7, 11) is 1.51. The van der Waals surface area contributed by atoms with Crippen LogP contribution in [0.2, 0.25) is 0 Å². The molecule has 6 nitrogen and oxygen atoms in total. The van der Waals surface area contributed by atoms with Crippen LogP contribution in [0.4, 0.5) is 10.2 Å². The molecular formula is C13H16FN5O. The molecule has 0 fully saturated rings. The lowest BCUT2D eigenvalue weighted by molar-refractivity contribution is 0.397. The smallest absolute Gasteiger partial charge is 0.216 e. The molecule has 0 saturated heterocycles. The molecule has 2 aromatic rings. The van der Waals surface area contributed by atoms with Crippen LogP contribution >= 0.6 is 0 Å². The Morgan fingerprint density at radius 1 is 1.30 bits per heavy atom. The van der Waals surface area contributed by atoms with Crippen LogP contribution in [0.1, 0.15) is 19.0 Å². The monoisotopic (exact) mass is 277 g/mol. The first-order valence-electron chi connectivity index (χ1n) is 6.30. The van der Waals surface area contributed by atoms with Crippen molar-refractivity contribution >= 4 is 5.82 Å². The highest BCUT2D eigenvalue weighted by atomic mass is 19.1. The standard InChI is InChI=1S/C13H16FN5O/c1-4-5-15-13-11(14)8(2)18-12(19-13)9-6-10(20-3)17-7-16-9/h6-7H,4-5H2,1-3H3,(H,15,18,19). The third kappa shape index (κ3) is 2.98. The van der Waals surface area contributed by atoms with E-state index in [0.717, 1.165) is 6.42 Å². The van der Waals surface area contributed by atoms with Gasteiger partial charge in [0.1, 0.15) is 12.0 Å². The number of halogens is 1. The molecule has 1 N–H and O–H groups in total. The molecule has 0 unspecified atom stereocenters. The number of hydrogen-bond acceptors (Lipinski definition) is 6. The zero-order chi connectivity index (χ0) is 14.5. The minimum absolute atomic E-state index is 0.187. The highest BCUT2D eigenvalue weighted by Gasteiger charge is 2.13. The minimum atomic E-state index is -0.441. The van der Waals surface area contributed by atoms with Crippen molar-refractivity contribution in [3.63, 3.8) is 0 Å². The van der Waals surface area contributed by atoms with Gasteiger partial charge in [-0.25, -0.2) is 24.3 Å². The summed E-state index contributed by atoms with van der Waals surface area (Å²) in [4.78, 5) is 16.3. The van der Waals surface area contributed by atoms with Crippen molar-refractivity contribution in [1.82, 2.24) is 19.9 Å². The van der Waals surface area contributed by atoms with Crippen molar-refractivity contribution < 1.29 is 9.13 Å². The van der Waals surface area contributed by atoms with Crippen molar-refractivity contribution in [2.45, 2.75) is 20.3 Å². The van der Waals surface area contributed by atoms with Gasteiger partial charge in [0.05, 0.1) is 12.8 Å². The van der Waals surface area contributed by atoms with Gasteiger partial charge in [-0.1, -0.05) is 6.92 Å². The summed E-state index contributed by atoms with van der Waals surface area (Å²) in [5.41, 5.74) is 0.755. The van der Waals surface area contributed by atoms with Crippen LogP contribution < -0.4 is 10.1 Å². The van der Waals surface area contributed by atoms with Crippen LogP contribution in [0.5, 0.6) is 5.88 Å². The minimum Gasteiger partial charge on any atom is -0.481 e. The van der Waals surface area contributed by atoms with Crippen LogP contribution in [-0.4, -0.2) is 33.6 Å². The number of ether oxygens (including phenoxy) is 1. The van der Waals surface area contributed by atoms with E-state index < -0.39 is 5.82 Å². The molecule has 2 aromatic heterocycles. The molecule has 0 atom stereocenters. The van der Waals surface area contributed by atoms with Crippen LogP contribution in [0.15, 0.2) is 12.4 Å². The Labute approximate surface area is 116 Å². The summed E-state index contributed by atoms with van der Waals surface area (Å²) in [5.74, 6) is 0.488. The first-order valence-corrected chi connectivity index (χ1v) is 6.30. The predicted molar refractivity (Wildman–Crippen MR) is 73.1 cm³/mol. The quantitative estimate of drug-likeness (QED) is 0.903. The molecular weight excluding hydrogens is 261 g/mol. The van der Waals surface area contributed by atoms with Crippen molar-refractivity contribution in [2.24, 2.45) is 0 Å². The van der Waals surface area contributed by atoms with Crippen LogP contribution in [-0.2, 0) is 0 Å². The van der Waals surface area contributed by atoms with Gasteiger partial charge in [-0.2, -0.15) is 0 Å². The van der Waals surface area contributed by atoms with E-state index in [0.29, 0.717) is 23.9 Å². The van der Waals surface area contributed by atoms with Gasteiger partial charge in [0.15, 0.2) is 17.5 Å². The second kappa shape index (κ2) is 6.23. The van der Waals surface area contributed by atoms with Gasteiger partial charge in [-0.05, 0) is 13.3 Å². The molecule has 0 aliphatic carbocycles. The Hall–Kier alpha value is -2.31. The molecule has 2 rings (SSSR count). The van der Waals surface area contributed by atoms with E-state index in [1.54, 1.807) is 13.0 Å². The molecule has 0 aliphatic heterocycles. The summed E-state index contributed by atoms with van der Waals surface area (Å²) >= 11 is 0. The summed E-state index contributed by atoms with van der Waals surface area (Å²) < 4.78 is 19.0. The summed E-state index contributed by atoms with van der Waals surface area (Å²) in [5, 5.41) is 2.94. The van der Waals surface area contributed by atoms with Crippen LogP contribution in [0, 0.1) is 12.7 Å². The van der Waals surface area contributed by atoms with Crippen LogP contribution in [0.3, 0.4) is 0 Å². The summed E-state index contributed by atoms with van der Waals surface area (Å²) in [6.45, 7) is 4.23. The fraction of sp³-hybridized carbons (Fsp3) is 0.385. The van der Waals surface area contributed by atoms with E-state index in [4.69, 9.17) is 4.74 Å². The summed E-state index contributed by atoms with van der Waals surface area (Å²) in [6.07, 6.45) is 2.23. The molecule has 0 saturated carbocycles. The molecule has 0 bridgehead atoms. The largest absolute Gasteiger partial charge is 0.481 e. The average Bonchev–Trinajstić information content (AvgIpc) is 2.48. The van der Waals surface area contributed by atoms with E-state index in [1.165, 1.54) is 13.4 Å². The maximum absolute atomic E-state index is 13.9. The second-order valence-corrected chi connectivity index (χ2v) is 4.17. The lowest BCUT2D eigenvalue weighted by Crippen LogP contribution is -2.08. The number of nitrogens with zero attached hydrogens (tertiary/aromatic N) is 4. The molecule has 20 heavy (non-hydrogen) atoms. The SMILES string of the molecule is CCCNc1nc(-c2cc(OC)ncn2)nc(C)c1F.